The molecule has 0 heterocycles. The Kier molecular flexibility index (Phi) is 8.17. The predicted octanol–water partition coefficient (Wildman–Crippen LogP) is 1.93. The van der Waals surface area contributed by atoms with Crippen LogP contribution in [0, 0.1) is 10.1 Å². The molecule has 0 aliphatic carbocycles. The van der Waals surface area contributed by atoms with Gasteiger partial charge in [-0.15, -0.1) is 0 Å². The lowest BCUT2D eigenvalue weighted by atomic mass is 10.2. The second-order valence-electron chi connectivity index (χ2n) is 5.92. The second-order valence-corrected chi connectivity index (χ2v) is 7.86. The van der Waals surface area contributed by atoms with Gasteiger partial charge in [0, 0.05) is 39.3 Å². The minimum absolute atomic E-state index is 0.0370. The summed E-state index contributed by atoms with van der Waals surface area (Å²) < 4.78 is 26.5. The van der Waals surface area contributed by atoms with Gasteiger partial charge in [0.05, 0.1) is 16.4 Å². The van der Waals surface area contributed by atoms with Crippen LogP contribution in [0.25, 0.3) is 0 Å². The number of anilines is 1. The van der Waals surface area contributed by atoms with E-state index in [0.717, 1.165) is 6.07 Å². The van der Waals surface area contributed by atoms with E-state index >= 15 is 0 Å². The molecule has 152 valence electrons. The first kappa shape index (κ1) is 22.8. The summed E-state index contributed by atoms with van der Waals surface area (Å²) in [6.45, 7) is 8.73. The molecule has 0 atom stereocenters. The van der Waals surface area contributed by atoms with Crippen LogP contribution in [-0.4, -0.2) is 68.2 Å². The fourth-order valence-corrected chi connectivity index (χ4v) is 4.29. The zero-order valence-electron chi connectivity index (χ0n) is 16.5. The van der Waals surface area contributed by atoms with E-state index in [-0.39, 0.29) is 41.8 Å². The monoisotopic (exact) mass is 400 g/mol. The second kappa shape index (κ2) is 9.65. The maximum atomic E-state index is 12.6. The molecule has 0 bridgehead atoms. The lowest BCUT2D eigenvalue weighted by Gasteiger charge is -2.24. The lowest BCUT2D eigenvalue weighted by molar-refractivity contribution is -0.384. The van der Waals surface area contributed by atoms with E-state index in [1.807, 2.05) is 13.8 Å². The van der Waals surface area contributed by atoms with Crippen molar-refractivity contribution in [3.8, 4) is 0 Å². The number of likely N-dealkylation sites (N-methyl/N-ethyl adjacent to an activating group) is 2. The number of rotatable bonds is 10. The molecule has 0 saturated heterocycles. The third-order valence-corrected chi connectivity index (χ3v) is 6.43. The van der Waals surface area contributed by atoms with Gasteiger partial charge >= 0.3 is 0 Å². The first-order valence-electron chi connectivity index (χ1n) is 8.91. The van der Waals surface area contributed by atoms with Crippen molar-refractivity contribution < 1.29 is 18.1 Å². The first-order valence-corrected chi connectivity index (χ1v) is 10.3. The van der Waals surface area contributed by atoms with E-state index < -0.39 is 14.9 Å². The molecule has 27 heavy (non-hydrogen) atoms. The zero-order valence-corrected chi connectivity index (χ0v) is 17.3. The summed E-state index contributed by atoms with van der Waals surface area (Å²) in [4.78, 5) is 26.1. The van der Waals surface area contributed by atoms with Crippen LogP contribution in [0.2, 0.25) is 0 Å². The van der Waals surface area contributed by atoms with Gasteiger partial charge in [0.1, 0.15) is 5.69 Å². The summed E-state index contributed by atoms with van der Waals surface area (Å²) in [5.74, 6) is -0.156. The number of benzene rings is 1. The van der Waals surface area contributed by atoms with Crippen LogP contribution >= 0.6 is 0 Å². The molecule has 1 aromatic carbocycles. The van der Waals surface area contributed by atoms with Gasteiger partial charge in [-0.2, -0.15) is 4.31 Å². The topological polar surface area (TPSA) is 104 Å². The van der Waals surface area contributed by atoms with E-state index in [1.165, 1.54) is 21.3 Å². The highest BCUT2D eigenvalue weighted by Gasteiger charge is 2.27. The number of nitro groups is 1. The Morgan fingerprint density at radius 2 is 1.63 bits per heavy atom. The highest BCUT2D eigenvalue weighted by atomic mass is 32.2. The molecule has 1 rings (SSSR count). The Labute approximate surface area is 160 Å². The van der Waals surface area contributed by atoms with Crippen LogP contribution in [-0.2, 0) is 14.8 Å². The minimum Gasteiger partial charge on any atom is -0.360 e. The summed E-state index contributed by atoms with van der Waals surface area (Å²) >= 11 is 0. The molecule has 0 aliphatic rings. The summed E-state index contributed by atoms with van der Waals surface area (Å²) in [7, 11) is -2.24. The Balaban J connectivity index is 3.28. The molecular weight excluding hydrogens is 372 g/mol. The Morgan fingerprint density at radius 3 is 2.07 bits per heavy atom. The van der Waals surface area contributed by atoms with Gasteiger partial charge in [-0.25, -0.2) is 8.42 Å². The number of hydrogen-bond acceptors (Lipinski definition) is 6. The summed E-state index contributed by atoms with van der Waals surface area (Å²) in [5.41, 5.74) is -0.155. The molecule has 10 heteroatoms. The van der Waals surface area contributed by atoms with Crippen molar-refractivity contribution in [2.75, 3.05) is 44.7 Å². The minimum atomic E-state index is -3.81. The van der Waals surface area contributed by atoms with Crippen LogP contribution in [0.4, 0.5) is 11.4 Å². The molecule has 0 spiro atoms. The Hall–Kier alpha value is -2.20. The van der Waals surface area contributed by atoms with Crippen LogP contribution in [0.1, 0.15) is 27.7 Å². The fraction of sp³-hybridized carbons (Fsp3) is 0.588. The van der Waals surface area contributed by atoms with Crippen molar-refractivity contribution >= 4 is 27.3 Å². The smallest absolute Gasteiger partial charge is 0.293 e. The molecule has 1 amide bonds. The van der Waals surface area contributed by atoms with Gasteiger partial charge in [0.2, 0.25) is 15.9 Å². The van der Waals surface area contributed by atoms with E-state index in [2.05, 4.69) is 0 Å². The third kappa shape index (κ3) is 5.16. The number of nitro benzene ring substituents is 1. The highest BCUT2D eigenvalue weighted by molar-refractivity contribution is 7.89. The zero-order chi connectivity index (χ0) is 20.8. The average Bonchev–Trinajstić information content (AvgIpc) is 2.62. The van der Waals surface area contributed by atoms with Gasteiger partial charge in [0.25, 0.3) is 5.69 Å². The third-order valence-electron chi connectivity index (χ3n) is 4.39. The molecule has 0 saturated carbocycles. The Bertz CT molecular complexity index is 774. The van der Waals surface area contributed by atoms with Gasteiger partial charge in [0.15, 0.2) is 0 Å². The summed E-state index contributed by atoms with van der Waals surface area (Å²) in [6.07, 6.45) is 0. The molecule has 0 N–H and O–H groups in total. The van der Waals surface area contributed by atoms with E-state index in [0.29, 0.717) is 13.1 Å². The molecule has 0 fully saturated rings. The fourth-order valence-electron chi connectivity index (χ4n) is 2.81. The number of carbonyl (C=O) groups is 1. The van der Waals surface area contributed by atoms with E-state index in [4.69, 9.17) is 0 Å². The van der Waals surface area contributed by atoms with Crippen LogP contribution in [0.3, 0.4) is 0 Å². The van der Waals surface area contributed by atoms with Crippen LogP contribution < -0.4 is 4.90 Å². The largest absolute Gasteiger partial charge is 0.360 e. The maximum absolute atomic E-state index is 12.6. The molecule has 0 aromatic heterocycles. The van der Waals surface area contributed by atoms with Gasteiger partial charge in [-0.1, -0.05) is 13.8 Å². The number of sulfonamides is 1. The quantitative estimate of drug-likeness (QED) is 0.439. The standard InChI is InChI=1S/C17H28N4O5S/c1-6-19(7-2)17(22)13-18(5)15-11-10-14(12-16(15)21(23)24)27(25,26)20(8-3)9-4/h10-12H,6-9,13H2,1-5H3. The van der Waals surface area contributed by atoms with Crippen LogP contribution in [0.5, 0.6) is 0 Å². The molecule has 0 radical (unpaired) electrons. The van der Waals surface area contributed by atoms with Crippen molar-refractivity contribution in [2.24, 2.45) is 0 Å². The SMILES string of the molecule is CCN(CC)C(=O)CN(C)c1ccc(S(=O)(=O)N(CC)CC)cc1[N+](=O)[O-]. The molecule has 0 aliphatic heterocycles. The van der Waals surface area contributed by atoms with Crippen molar-refractivity contribution in [1.82, 2.24) is 9.21 Å². The van der Waals surface area contributed by atoms with Crippen molar-refractivity contribution in [1.29, 1.82) is 0 Å². The van der Waals surface area contributed by atoms with E-state index in [1.54, 1.807) is 25.8 Å². The van der Waals surface area contributed by atoms with Gasteiger partial charge in [-0.05, 0) is 26.0 Å². The van der Waals surface area contributed by atoms with Gasteiger partial charge < -0.3 is 9.80 Å². The molecule has 0 unspecified atom stereocenters. The van der Waals surface area contributed by atoms with Crippen molar-refractivity contribution in [3.05, 3.63) is 28.3 Å². The number of hydrogen-bond donors (Lipinski definition) is 0. The predicted molar refractivity (Wildman–Crippen MR) is 104 cm³/mol. The Morgan fingerprint density at radius 1 is 1.07 bits per heavy atom. The maximum Gasteiger partial charge on any atom is 0.293 e. The normalized spacial score (nSPS) is 11.5. The van der Waals surface area contributed by atoms with Crippen molar-refractivity contribution in [2.45, 2.75) is 32.6 Å². The molecular formula is C17H28N4O5S. The summed E-state index contributed by atoms with van der Waals surface area (Å²) in [5, 5.41) is 11.5. The highest BCUT2D eigenvalue weighted by Crippen LogP contribution is 2.31. The van der Waals surface area contributed by atoms with Crippen molar-refractivity contribution in [3.63, 3.8) is 0 Å². The lowest BCUT2D eigenvalue weighted by Crippen LogP contribution is -2.39. The van der Waals surface area contributed by atoms with Crippen LogP contribution in [0.15, 0.2) is 23.1 Å². The number of carbonyl (C=O) groups excluding carboxylic acids is 1. The first-order chi connectivity index (χ1) is 12.6. The summed E-state index contributed by atoms with van der Waals surface area (Å²) in [6, 6.07) is 3.78. The molecule has 1 aromatic rings. The van der Waals surface area contributed by atoms with E-state index in [9.17, 15) is 23.3 Å². The average molecular weight is 401 g/mol. The number of nitrogens with zero attached hydrogens (tertiary/aromatic N) is 4. The number of amides is 1. The molecule has 9 nitrogen and oxygen atoms in total. The van der Waals surface area contributed by atoms with Gasteiger partial charge in [-0.3, -0.25) is 14.9 Å².